The molecule has 0 amide bonds. The van der Waals surface area contributed by atoms with E-state index in [1.165, 1.54) is 5.56 Å². The monoisotopic (exact) mass is 215 g/mol. The molecule has 0 saturated carbocycles. The van der Waals surface area contributed by atoms with Gasteiger partial charge >= 0.3 is 5.97 Å². The summed E-state index contributed by atoms with van der Waals surface area (Å²) < 4.78 is 0. The van der Waals surface area contributed by atoms with Crippen LogP contribution in [0.15, 0.2) is 28.9 Å². The molecular weight excluding hydrogens is 202 g/mol. The zero-order chi connectivity index (χ0) is 11.7. The van der Waals surface area contributed by atoms with Crippen molar-refractivity contribution in [3.63, 3.8) is 0 Å². The Balaban J connectivity index is 2.43. The Morgan fingerprint density at radius 3 is 2.56 bits per heavy atom. The number of hydrogen-bond donors (Lipinski definition) is 0. The van der Waals surface area contributed by atoms with Crippen LogP contribution in [0.3, 0.4) is 0 Å². The predicted molar refractivity (Wildman–Crippen MR) is 63.1 cm³/mol. The topological polar surface area (TPSA) is 38.7 Å². The van der Waals surface area contributed by atoms with Gasteiger partial charge in [0.25, 0.3) is 0 Å². The van der Waals surface area contributed by atoms with E-state index in [1.54, 1.807) is 6.92 Å². The summed E-state index contributed by atoms with van der Waals surface area (Å²) >= 11 is 0. The maximum absolute atomic E-state index is 11.4. The van der Waals surface area contributed by atoms with Gasteiger partial charge < -0.3 is 4.84 Å². The van der Waals surface area contributed by atoms with Gasteiger partial charge in [0.2, 0.25) is 0 Å². The minimum absolute atomic E-state index is 0.377. The first kappa shape index (κ1) is 10.6. The van der Waals surface area contributed by atoms with Crippen LogP contribution in [-0.2, 0) is 9.63 Å². The molecule has 0 aliphatic carbocycles. The average Bonchev–Trinajstić information content (AvgIpc) is 2.53. The van der Waals surface area contributed by atoms with Gasteiger partial charge in [0, 0.05) is 0 Å². The molecule has 3 heteroatoms. The molecule has 0 bridgehead atoms. The van der Waals surface area contributed by atoms with Gasteiger partial charge in [-0.05, 0) is 38.0 Å². The van der Waals surface area contributed by atoms with Gasteiger partial charge in [0.1, 0.15) is 0 Å². The summed E-state index contributed by atoms with van der Waals surface area (Å²) in [6.45, 7) is 5.83. The number of aryl methyl sites for hydroxylation is 2. The lowest BCUT2D eigenvalue weighted by Crippen LogP contribution is -2.02. The van der Waals surface area contributed by atoms with Gasteiger partial charge in [-0.3, -0.25) is 0 Å². The molecule has 0 spiro atoms. The molecule has 0 saturated heterocycles. The third kappa shape index (κ3) is 1.89. The fourth-order valence-electron chi connectivity index (χ4n) is 1.66. The van der Waals surface area contributed by atoms with E-state index in [9.17, 15) is 4.79 Å². The largest absolute Gasteiger partial charge is 0.367 e. The van der Waals surface area contributed by atoms with Crippen molar-refractivity contribution < 1.29 is 9.63 Å². The lowest BCUT2D eigenvalue weighted by molar-refractivity contribution is -0.136. The SMILES string of the molecule is CC1=NOC(=O)C1=Cc1ccc(C)cc1C. The van der Waals surface area contributed by atoms with Gasteiger partial charge in [-0.2, -0.15) is 0 Å². The van der Waals surface area contributed by atoms with Gasteiger partial charge in [0.15, 0.2) is 0 Å². The van der Waals surface area contributed by atoms with Crippen molar-refractivity contribution in [2.24, 2.45) is 5.16 Å². The van der Waals surface area contributed by atoms with Crippen molar-refractivity contribution in [1.29, 1.82) is 0 Å². The molecule has 1 heterocycles. The highest BCUT2D eigenvalue weighted by molar-refractivity contribution is 6.24. The summed E-state index contributed by atoms with van der Waals surface area (Å²) in [5.74, 6) is -0.377. The molecule has 1 aliphatic heterocycles. The van der Waals surface area contributed by atoms with E-state index in [2.05, 4.69) is 16.1 Å². The predicted octanol–water partition coefficient (Wildman–Crippen LogP) is 2.62. The fraction of sp³-hybridized carbons (Fsp3) is 0.231. The molecule has 1 aliphatic rings. The smallest absolute Gasteiger partial charge is 0.312 e. The molecule has 0 radical (unpaired) electrons. The summed E-state index contributed by atoms with van der Waals surface area (Å²) in [6, 6.07) is 6.10. The normalized spacial score (nSPS) is 17.6. The molecule has 1 aromatic carbocycles. The van der Waals surface area contributed by atoms with Crippen molar-refractivity contribution >= 4 is 17.8 Å². The van der Waals surface area contributed by atoms with Crippen LogP contribution in [0.25, 0.3) is 6.08 Å². The lowest BCUT2D eigenvalue weighted by atomic mass is 10.0. The Bertz CT molecular complexity index is 513. The van der Waals surface area contributed by atoms with E-state index in [-0.39, 0.29) is 5.97 Å². The number of rotatable bonds is 1. The third-order valence-corrected chi connectivity index (χ3v) is 2.60. The van der Waals surface area contributed by atoms with E-state index in [0.29, 0.717) is 11.3 Å². The molecule has 82 valence electrons. The first-order valence-corrected chi connectivity index (χ1v) is 5.13. The van der Waals surface area contributed by atoms with Crippen LogP contribution in [0, 0.1) is 13.8 Å². The van der Waals surface area contributed by atoms with Crippen LogP contribution in [0.5, 0.6) is 0 Å². The second-order valence-corrected chi connectivity index (χ2v) is 3.97. The first-order chi connectivity index (χ1) is 7.58. The van der Waals surface area contributed by atoms with Crippen LogP contribution in [0.2, 0.25) is 0 Å². The second kappa shape index (κ2) is 3.93. The molecule has 0 unspecified atom stereocenters. The average molecular weight is 215 g/mol. The number of oxime groups is 1. The Kier molecular flexibility index (Phi) is 2.60. The highest BCUT2D eigenvalue weighted by Gasteiger charge is 2.21. The molecule has 1 aromatic rings. The fourth-order valence-corrected chi connectivity index (χ4v) is 1.66. The maximum Gasteiger partial charge on any atom is 0.367 e. The summed E-state index contributed by atoms with van der Waals surface area (Å²) in [5, 5.41) is 3.64. The van der Waals surface area contributed by atoms with E-state index >= 15 is 0 Å². The van der Waals surface area contributed by atoms with Crippen molar-refractivity contribution in [3.8, 4) is 0 Å². The minimum atomic E-state index is -0.377. The van der Waals surface area contributed by atoms with Crippen molar-refractivity contribution in [3.05, 3.63) is 40.5 Å². The van der Waals surface area contributed by atoms with Crippen LogP contribution in [0.1, 0.15) is 23.6 Å². The first-order valence-electron chi connectivity index (χ1n) is 5.13. The Labute approximate surface area is 94.4 Å². The van der Waals surface area contributed by atoms with Gasteiger partial charge in [0.05, 0.1) is 11.3 Å². The highest BCUT2D eigenvalue weighted by Crippen LogP contribution is 2.18. The molecule has 16 heavy (non-hydrogen) atoms. The maximum atomic E-state index is 11.4. The number of hydrogen-bond acceptors (Lipinski definition) is 3. The molecule has 0 atom stereocenters. The van der Waals surface area contributed by atoms with Crippen molar-refractivity contribution in [2.45, 2.75) is 20.8 Å². The van der Waals surface area contributed by atoms with Gasteiger partial charge in [-0.15, -0.1) is 0 Å². The molecule has 0 aromatic heterocycles. The number of nitrogens with zero attached hydrogens (tertiary/aromatic N) is 1. The Morgan fingerprint density at radius 2 is 2.00 bits per heavy atom. The Hall–Kier alpha value is -1.90. The molecule has 3 nitrogen and oxygen atoms in total. The summed E-state index contributed by atoms with van der Waals surface area (Å²) in [4.78, 5) is 16.0. The minimum Gasteiger partial charge on any atom is -0.312 e. The quantitative estimate of drug-likeness (QED) is 0.533. The molecule has 0 N–H and O–H groups in total. The van der Waals surface area contributed by atoms with Crippen LogP contribution >= 0.6 is 0 Å². The summed E-state index contributed by atoms with van der Waals surface area (Å²) in [7, 11) is 0. The second-order valence-electron chi connectivity index (χ2n) is 3.97. The zero-order valence-corrected chi connectivity index (χ0v) is 9.57. The number of carbonyl (C=O) groups excluding carboxylic acids is 1. The highest BCUT2D eigenvalue weighted by atomic mass is 16.7. The van der Waals surface area contributed by atoms with Crippen LogP contribution in [0.4, 0.5) is 0 Å². The Morgan fingerprint density at radius 1 is 1.25 bits per heavy atom. The van der Waals surface area contributed by atoms with E-state index in [0.717, 1.165) is 11.1 Å². The summed E-state index contributed by atoms with van der Waals surface area (Å²) in [6.07, 6.45) is 1.82. The van der Waals surface area contributed by atoms with E-state index in [4.69, 9.17) is 0 Å². The third-order valence-electron chi connectivity index (χ3n) is 2.60. The van der Waals surface area contributed by atoms with Gasteiger partial charge in [-0.25, -0.2) is 4.79 Å². The number of carbonyl (C=O) groups is 1. The van der Waals surface area contributed by atoms with Crippen molar-refractivity contribution in [1.82, 2.24) is 0 Å². The molecule has 2 rings (SSSR count). The standard InChI is InChI=1S/C13H13NO2/c1-8-4-5-11(9(2)6-8)7-12-10(3)14-16-13(12)15/h4-7H,1-3H3. The number of benzene rings is 1. The van der Waals surface area contributed by atoms with Crippen molar-refractivity contribution in [2.75, 3.05) is 0 Å². The molecule has 0 fully saturated rings. The zero-order valence-electron chi connectivity index (χ0n) is 9.57. The molecular formula is C13H13NO2. The van der Waals surface area contributed by atoms with Crippen LogP contribution in [-0.4, -0.2) is 11.7 Å². The van der Waals surface area contributed by atoms with E-state index < -0.39 is 0 Å². The summed E-state index contributed by atoms with van der Waals surface area (Å²) in [5.41, 5.74) is 4.53. The van der Waals surface area contributed by atoms with Crippen LogP contribution < -0.4 is 0 Å². The van der Waals surface area contributed by atoms with E-state index in [1.807, 2.05) is 32.1 Å². The lowest BCUT2D eigenvalue weighted by Gasteiger charge is -2.02. The van der Waals surface area contributed by atoms with Gasteiger partial charge in [-0.1, -0.05) is 28.9 Å².